The Morgan fingerprint density at radius 1 is 1.23 bits per heavy atom. The Morgan fingerprint density at radius 3 is 2.64 bits per heavy atom. The Hall–Kier alpha value is -2.82. The molecule has 0 N–H and O–H groups in total. The summed E-state index contributed by atoms with van der Waals surface area (Å²) in [5, 5.41) is 11.6. The number of rotatable bonds is 4. The summed E-state index contributed by atoms with van der Waals surface area (Å²) >= 11 is 0. The van der Waals surface area contributed by atoms with Crippen LogP contribution in [-0.2, 0) is 6.61 Å². The molecule has 3 rings (SSSR count). The molecule has 0 unspecified atom stereocenters. The second-order valence-corrected chi connectivity index (χ2v) is 4.89. The standard InChI is InChI=1S/C17H13FO4/c1-10-16(17(19)20)14-8-13(6-7-15(14)22-10)21-9-11-2-4-12(18)5-3-11/h2-8H,9H2,1H3,(H,19,20)/p-1. The molecule has 0 radical (unpaired) electrons. The minimum atomic E-state index is -1.29. The Balaban J connectivity index is 1.86. The number of carboxylic acids is 1. The van der Waals surface area contributed by atoms with Gasteiger partial charge in [0.2, 0.25) is 0 Å². The van der Waals surface area contributed by atoms with E-state index in [2.05, 4.69) is 0 Å². The predicted molar refractivity (Wildman–Crippen MR) is 76.0 cm³/mol. The Bertz CT molecular complexity index is 834. The van der Waals surface area contributed by atoms with E-state index in [1.807, 2.05) is 0 Å². The summed E-state index contributed by atoms with van der Waals surface area (Å²) in [5.41, 5.74) is 1.30. The van der Waals surface area contributed by atoms with Crippen LogP contribution in [0, 0.1) is 12.7 Å². The summed E-state index contributed by atoms with van der Waals surface area (Å²) < 4.78 is 23.8. The van der Waals surface area contributed by atoms with Crippen LogP contribution in [0.25, 0.3) is 11.0 Å². The molecule has 0 atom stereocenters. The molecule has 0 amide bonds. The predicted octanol–water partition coefficient (Wildman–Crippen LogP) is 2.82. The third-order valence-electron chi connectivity index (χ3n) is 3.36. The van der Waals surface area contributed by atoms with Crippen LogP contribution >= 0.6 is 0 Å². The SMILES string of the molecule is Cc1oc2ccc(OCc3ccc(F)cc3)cc2c1C(=O)[O-]. The van der Waals surface area contributed by atoms with E-state index in [1.54, 1.807) is 37.3 Å². The van der Waals surface area contributed by atoms with Crippen molar-refractivity contribution >= 4 is 16.9 Å². The minimum absolute atomic E-state index is 0.0298. The topological polar surface area (TPSA) is 62.5 Å². The van der Waals surface area contributed by atoms with Crippen LogP contribution in [0.3, 0.4) is 0 Å². The van der Waals surface area contributed by atoms with Crippen LogP contribution in [0.5, 0.6) is 5.75 Å². The third-order valence-corrected chi connectivity index (χ3v) is 3.36. The van der Waals surface area contributed by atoms with Gasteiger partial charge in [0.25, 0.3) is 0 Å². The molecular formula is C17H12FO4-. The summed E-state index contributed by atoms with van der Waals surface area (Å²) in [6, 6.07) is 10.9. The van der Waals surface area contributed by atoms with Gasteiger partial charge >= 0.3 is 0 Å². The van der Waals surface area contributed by atoms with Crippen LogP contribution in [0.1, 0.15) is 21.7 Å². The van der Waals surface area contributed by atoms with Crippen LogP contribution in [0.15, 0.2) is 46.9 Å². The summed E-state index contributed by atoms with van der Waals surface area (Å²) in [6.07, 6.45) is 0. The van der Waals surface area contributed by atoms with Gasteiger partial charge in [0.05, 0.1) is 5.97 Å². The number of benzene rings is 2. The van der Waals surface area contributed by atoms with Crippen molar-refractivity contribution in [3.63, 3.8) is 0 Å². The molecule has 0 aliphatic heterocycles. The van der Waals surface area contributed by atoms with E-state index < -0.39 is 5.97 Å². The highest BCUT2D eigenvalue weighted by molar-refractivity contribution is 6.03. The van der Waals surface area contributed by atoms with Gasteiger partial charge in [-0.15, -0.1) is 0 Å². The van der Waals surface area contributed by atoms with Crippen molar-refractivity contribution in [2.75, 3.05) is 0 Å². The largest absolute Gasteiger partial charge is 0.545 e. The molecule has 3 aromatic rings. The lowest BCUT2D eigenvalue weighted by Gasteiger charge is -2.07. The van der Waals surface area contributed by atoms with E-state index in [0.717, 1.165) is 5.56 Å². The highest BCUT2D eigenvalue weighted by Crippen LogP contribution is 2.29. The number of aromatic carboxylic acids is 1. The Morgan fingerprint density at radius 2 is 1.95 bits per heavy atom. The average Bonchev–Trinajstić information content (AvgIpc) is 2.82. The third kappa shape index (κ3) is 2.65. The van der Waals surface area contributed by atoms with Gasteiger partial charge < -0.3 is 19.1 Å². The van der Waals surface area contributed by atoms with Gasteiger partial charge in [0.15, 0.2) is 0 Å². The number of carboxylic acid groups (broad SMARTS) is 1. The molecule has 0 fully saturated rings. The van der Waals surface area contributed by atoms with Crippen LogP contribution < -0.4 is 9.84 Å². The summed E-state index contributed by atoms with van der Waals surface area (Å²) in [4.78, 5) is 11.2. The first kappa shape index (κ1) is 14.1. The lowest BCUT2D eigenvalue weighted by Crippen LogP contribution is -2.22. The van der Waals surface area contributed by atoms with Crippen molar-refractivity contribution in [2.45, 2.75) is 13.5 Å². The summed E-state index contributed by atoms with van der Waals surface area (Å²) in [7, 11) is 0. The first-order valence-electron chi connectivity index (χ1n) is 6.66. The molecule has 5 heteroatoms. The van der Waals surface area contributed by atoms with Crippen molar-refractivity contribution in [1.82, 2.24) is 0 Å². The highest BCUT2D eigenvalue weighted by Gasteiger charge is 2.12. The number of halogens is 1. The quantitative estimate of drug-likeness (QED) is 0.743. The molecule has 1 heterocycles. The van der Waals surface area contributed by atoms with Crippen molar-refractivity contribution in [3.8, 4) is 5.75 Å². The molecule has 1 aromatic heterocycles. The van der Waals surface area contributed by atoms with Crippen LogP contribution in [0.4, 0.5) is 4.39 Å². The van der Waals surface area contributed by atoms with Gasteiger partial charge in [0, 0.05) is 10.9 Å². The second-order valence-electron chi connectivity index (χ2n) is 4.89. The first-order valence-corrected chi connectivity index (χ1v) is 6.66. The van der Waals surface area contributed by atoms with E-state index in [4.69, 9.17) is 9.15 Å². The summed E-state index contributed by atoms with van der Waals surface area (Å²) in [5.74, 6) is -0.796. The number of carbonyl (C=O) groups is 1. The zero-order chi connectivity index (χ0) is 15.7. The molecule has 0 saturated heterocycles. The normalized spacial score (nSPS) is 10.8. The Kier molecular flexibility index (Phi) is 3.55. The lowest BCUT2D eigenvalue weighted by molar-refractivity contribution is -0.254. The molecule has 2 aromatic carbocycles. The number of hydrogen-bond acceptors (Lipinski definition) is 4. The fraction of sp³-hybridized carbons (Fsp3) is 0.118. The lowest BCUT2D eigenvalue weighted by atomic mass is 10.1. The average molecular weight is 299 g/mol. The maximum absolute atomic E-state index is 12.8. The van der Waals surface area contributed by atoms with Gasteiger partial charge in [-0.05, 0) is 42.8 Å². The fourth-order valence-electron chi connectivity index (χ4n) is 2.29. The molecule has 4 nitrogen and oxygen atoms in total. The summed E-state index contributed by atoms with van der Waals surface area (Å²) in [6.45, 7) is 1.83. The molecule has 0 saturated carbocycles. The maximum atomic E-state index is 12.8. The fourth-order valence-corrected chi connectivity index (χ4v) is 2.29. The molecule has 22 heavy (non-hydrogen) atoms. The van der Waals surface area contributed by atoms with E-state index in [1.165, 1.54) is 12.1 Å². The van der Waals surface area contributed by atoms with Crippen molar-refractivity contribution in [2.24, 2.45) is 0 Å². The molecule has 0 aliphatic rings. The first-order chi connectivity index (χ1) is 10.5. The minimum Gasteiger partial charge on any atom is -0.545 e. The number of fused-ring (bicyclic) bond motifs is 1. The molecule has 0 spiro atoms. The maximum Gasteiger partial charge on any atom is 0.135 e. The van der Waals surface area contributed by atoms with E-state index in [9.17, 15) is 14.3 Å². The highest BCUT2D eigenvalue weighted by atomic mass is 19.1. The van der Waals surface area contributed by atoms with Gasteiger partial charge in [0.1, 0.15) is 29.5 Å². The Labute approximate surface area is 125 Å². The van der Waals surface area contributed by atoms with Gasteiger partial charge in [-0.3, -0.25) is 0 Å². The monoisotopic (exact) mass is 299 g/mol. The van der Waals surface area contributed by atoms with Crippen molar-refractivity contribution < 1.29 is 23.4 Å². The number of aryl methyl sites for hydroxylation is 1. The van der Waals surface area contributed by atoms with E-state index in [-0.39, 0.29) is 18.0 Å². The molecule has 112 valence electrons. The number of carbonyl (C=O) groups excluding carboxylic acids is 1. The second kappa shape index (κ2) is 5.52. The molecule has 0 bridgehead atoms. The van der Waals surface area contributed by atoms with Gasteiger partial charge in [-0.25, -0.2) is 4.39 Å². The van der Waals surface area contributed by atoms with Crippen LogP contribution in [0.2, 0.25) is 0 Å². The number of furan rings is 1. The van der Waals surface area contributed by atoms with Gasteiger partial charge in [-0.2, -0.15) is 0 Å². The van der Waals surface area contributed by atoms with E-state index >= 15 is 0 Å². The zero-order valence-corrected chi connectivity index (χ0v) is 11.8. The zero-order valence-electron chi connectivity index (χ0n) is 11.8. The van der Waals surface area contributed by atoms with Crippen molar-refractivity contribution in [3.05, 3.63) is 65.2 Å². The smallest absolute Gasteiger partial charge is 0.135 e. The molecular weight excluding hydrogens is 287 g/mol. The van der Waals surface area contributed by atoms with E-state index in [0.29, 0.717) is 22.5 Å². The molecule has 0 aliphatic carbocycles. The number of hydrogen-bond donors (Lipinski definition) is 0. The number of ether oxygens (including phenoxy) is 1. The van der Waals surface area contributed by atoms with Crippen molar-refractivity contribution in [1.29, 1.82) is 0 Å². The van der Waals surface area contributed by atoms with Gasteiger partial charge in [-0.1, -0.05) is 12.1 Å². The van der Waals surface area contributed by atoms with Crippen LogP contribution in [-0.4, -0.2) is 5.97 Å².